The lowest BCUT2D eigenvalue weighted by molar-refractivity contribution is -0.293. The average molecular weight is 296 g/mol. The molecular formula is C11H19F6P. The van der Waals surface area contributed by atoms with Crippen LogP contribution < -0.4 is 0 Å². The number of rotatable bonds is 6. The summed E-state index contributed by atoms with van der Waals surface area (Å²) in [5, 5.41) is -3.54. The van der Waals surface area contributed by atoms with Crippen molar-refractivity contribution in [3.05, 3.63) is 0 Å². The van der Waals surface area contributed by atoms with Gasteiger partial charge in [0.05, 0.1) is 0 Å². The number of alkyl halides is 6. The summed E-state index contributed by atoms with van der Waals surface area (Å²) in [6.07, 6.45) is -0.785. The summed E-state index contributed by atoms with van der Waals surface area (Å²) in [6, 6.07) is 0. The molecule has 0 amide bonds. The molecule has 0 N–H and O–H groups in total. The van der Waals surface area contributed by atoms with Crippen LogP contribution in [0.25, 0.3) is 0 Å². The van der Waals surface area contributed by atoms with Crippen LogP contribution in [0.15, 0.2) is 0 Å². The molecule has 110 valence electrons. The zero-order chi connectivity index (χ0) is 15.0. The van der Waals surface area contributed by atoms with Crippen LogP contribution in [0, 0.1) is 5.92 Å². The predicted octanol–water partition coefficient (Wildman–Crippen LogP) is 4.98. The summed E-state index contributed by atoms with van der Waals surface area (Å²) >= 11 is 0. The SMILES string of the molecule is CC(C)CCC(F)(P)C(F)(F)C(F)(F)C(C)(C)F. The van der Waals surface area contributed by atoms with Gasteiger partial charge in [-0.25, -0.2) is 8.78 Å². The third kappa shape index (κ3) is 3.31. The summed E-state index contributed by atoms with van der Waals surface area (Å²) in [5.74, 6) is -10.3. The number of hydrogen-bond donors (Lipinski definition) is 0. The van der Waals surface area contributed by atoms with Crippen LogP contribution in [0.2, 0.25) is 0 Å². The number of halogens is 6. The van der Waals surface area contributed by atoms with E-state index < -0.39 is 29.3 Å². The summed E-state index contributed by atoms with van der Waals surface area (Å²) in [6.45, 7) is 3.92. The molecule has 0 rings (SSSR count). The zero-order valence-corrected chi connectivity index (χ0v) is 12.0. The molecule has 0 bridgehead atoms. The Morgan fingerprint density at radius 3 is 1.56 bits per heavy atom. The van der Waals surface area contributed by atoms with Crippen molar-refractivity contribution in [2.24, 2.45) is 5.92 Å². The van der Waals surface area contributed by atoms with Crippen molar-refractivity contribution in [3.8, 4) is 0 Å². The molecule has 2 unspecified atom stereocenters. The van der Waals surface area contributed by atoms with Gasteiger partial charge in [0.1, 0.15) is 0 Å². The molecule has 0 nitrogen and oxygen atoms in total. The first kappa shape index (κ1) is 18.0. The minimum Gasteiger partial charge on any atom is -0.238 e. The second-order valence-electron chi connectivity index (χ2n) is 5.42. The second-order valence-corrected chi connectivity index (χ2v) is 6.33. The highest BCUT2D eigenvalue weighted by atomic mass is 31.0. The van der Waals surface area contributed by atoms with E-state index in [-0.39, 0.29) is 12.3 Å². The Balaban J connectivity index is 5.23. The van der Waals surface area contributed by atoms with E-state index in [1.54, 1.807) is 13.8 Å². The van der Waals surface area contributed by atoms with Crippen molar-refractivity contribution < 1.29 is 26.3 Å². The predicted molar refractivity (Wildman–Crippen MR) is 62.7 cm³/mol. The minimum absolute atomic E-state index is 0.00160. The molecule has 0 spiro atoms. The maximum atomic E-state index is 13.8. The van der Waals surface area contributed by atoms with Crippen LogP contribution in [0.3, 0.4) is 0 Å². The monoisotopic (exact) mass is 296 g/mol. The van der Waals surface area contributed by atoms with Gasteiger partial charge in [0.2, 0.25) is 0 Å². The van der Waals surface area contributed by atoms with Gasteiger partial charge in [-0.3, -0.25) is 0 Å². The normalized spacial score (nSPS) is 18.0. The van der Waals surface area contributed by atoms with E-state index in [9.17, 15) is 26.3 Å². The van der Waals surface area contributed by atoms with Gasteiger partial charge >= 0.3 is 11.8 Å². The lowest BCUT2D eigenvalue weighted by Crippen LogP contribution is -2.61. The summed E-state index contributed by atoms with van der Waals surface area (Å²) in [4.78, 5) is 0. The molecule has 18 heavy (non-hydrogen) atoms. The first-order valence-electron chi connectivity index (χ1n) is 5.59. The first-order chi connectivity index (χ1) is 7.67. The molecule has 0 saturated carbocycles. The largest absolute Gasteiger partial charge is 0.349 e. The fourth-order valence-electron chi connectivity index (χ4n) is 1.29. The average Bonchev–Trinajstić information content (AvgIpc) is 2.12. The van der Waals surface area contributed by atoms with E-state index in [2.05, 4.69) is 0 Å². The van der Waals surface area contributed by atoms with Crippen LogP contribution in [-0.4, -0.2) is 22.9 Å². The zero-order valence-electron chi connectivity index (χ0n) is 10.8. The Hall–Kier alpha value is 0.01000. The van der Waals surface area contributed by atoms with Gasteiger partial charge in [-0.2, -0.15) is 17.6 Å². The molecule has 0 aromatic heterocycles. The van der Waals surface area contributed by atoms with Gasteiger partial charge in [-0.05, 0) is 32.6 Å². The van der Waals surface area contributed by atoms with Crippen LogP contribution in [0.4, 0.5) is 26.3 Å². The molecule has 7 heteroatoms. The van der Waals surface area contributed by atoms with E-state index in [1.807, 2.05) is 0 Å². The summed E-state index contributed by atoms with van der Waals surface area (Å²) < 4.78 is 80.8. The van der Waals surface area contributed by atoms with Gasteiger partial charge in [-0.15, -0.1) is 0 Å². The lowest BCUT2D eigenvalue weighted by Gasteiger charge is -2.40. The molecule has 0 radical (unpaired) electrons. The molecule has 0 aromatic carbocycles. The van der Waals surface area contributed by atoms with Crippen molar-refractivity contribution in [1.82, 2.24) is 0 Å². The summed E-state index contributed by atoms with van der Waals surface area (Å²) in [5.41, 5.74) is -3.51. The molecule has 0 aliphatic heterocycles. The van der Waals surface area contributed by atoms with Gasteiger partial charge in [0.25, 0.3) is 0 Å². The molecule has 0 aromatic rings. The fourth-order valence-corrected chi connectivity index (χ4v) is 1.64. The molecular weight excluding hydrogens is 277 g/mol. The maximum Gasteiger partial charge on any atom is 0.349 e. The minimum atomic E-state index is -5.10. The third-order valence-electron chi connectivity index (χ3n) is 2.75. The van der Waals surface area contributed by atoms with Crippen molar-refractivity contribution in [1.29, 1.82) is 0 Å². The number of hydrogen-bond acceptors (Lipinski definition) is 0. The van der Waals surface area contributed by atoms with E-state index in [1.165, 1.54) is 0 Å². The fraction of sp³-hybridized carbons (Fsp3) is 1.00. The van der Waals surface area contributed by atoms with Crippen LogP contribution in [-0.2, 0) is 0 Å². The molecule has 0 aliphatic carbocycles. The third-order valence-corrected chi connectivity index (χ3v) is 3.40. The van der Waals surface area contributed by atoms with Crippen molar-refractivity contribution in [3.63, 3.8) is 0 Å². The van der Waals surface area contributed by atoms with Gasteiger partial charge in [0, 0.05) is 0 Å². The Morgan fingerprint density at radius 1 is 0.889 bits per heavy atom. The molecule has 0 heterocycles. The molecule has 2 atom stereocenters. The smallest absolute Gasteiger partial charge is 0.238 e. The highest BCUT2D eigenvalue weighted by Crippen LogP contribution is 2.55. The van der Waals surface area contributed by atoms with E-state index in [0.717, 1.165) is 9.24 Å². The standard InChI is InChI=1S/C11H19F6P/c1-7(2)5-6-9(13,18)11(16,17)10(14,15)8(3,4)12/h7H,5-6,18H2,1-4H3. The van der Waals surface area contributed by atoms with Crippen LogP contribution in [0.1, 0.15) is 40.5 Å². The van der Waals surface area contributed by atoms with E-state index in [4.69, 9.17) is 0 Å². The van der Waals surface area contributed by atoms with Crippen LogP contribution in [0.5, 0.6) is 0 Å². The lowest BCUT2D eigenvalue weighted by atomic mass is 9.90. The van der Waals surface area contributed by atoms with Crippen LogP contribution >= 0.6 is 9.24 Å². The Morgan fingerprint density at radius 2 is 1.28 bits per heavy atom. The highest BCUT2D eigenvalue weighted by molar-refractivity contribution is 7.18. The van der Waals surface area contributed by atoms with Gasteiger partial charge < -0.3 is 0 Å². The van der Waals surface area contributed by atoms with Gasteiger partial charge in [0.15, 0.2) is 11.1 Å². The Kier molecular flexibility index (Phi) is 5.18. The van der Waals surface area contributed by atoms with Crippen molar-refractivity contribution in [2.45, 2.75) is 63.5 Å². The molecule has 0 fully saturated rings. The van der Waals surface area contributed by atoms with E-state index >= 15 is 0 Å². The van der Waals surface area contributed by atoms with Gasteiger partial charge in [-0.1, -0.05) is 23.1 Å². The van der Waals surface area contributed by atoms with E-state index in [0.29, 0.717) is 13.8 Å². The second kappa shape index (κ2) is 5.18. The Bertz CT molecular complexity index is 280. The molecule has 0 aliphatic rings. The first-order valence-corrected chi connectivity index (χ1v) is 6.17. The molecule has 0 saturated heterocycles. The van der Waals surface area contributed by atoms with Crippen molar-refractivity contribution in [2.75, 3.05) is 0 Å². The maximum absolute atomic E-state index is 13.8. The summed E-state index contributed by atoms with van der Waals surface area (Å²) in [7, 11) is 1.11. The topological polar surface area (TPSA) is 0 Å². The Labute approximate surface area is 106 Å². The quantitative estimate of drug-likeness (QED) is 0.479. The highest BCUT2D eigenvalue weighted by Gasteiger charge is 2.73. The van der Waals surface area contributed by atoms with Crippen molar-refractivity contribution >= 4 is 9.24 Å².